The molecule has 1 aliphatic heterocycles. The van der Waals surface area contributed by atoms with Crippen molar-refractivity contribution in [2.24, 2.45) is 7.05 Å². The molecule has 3 rings (SSSR count). The molecule has 0 bridgehead atoms. The minimum absolute atomic E-state index is 0.242. The Hall–Kier alpha value is -1.94. The Kier molecular flexibility index (Phi) is 3.21. The predicted molar refractivity (Wildman–Crippen MR) is 77.8 cm³/mol. The summed E-state index contributed by atoms with van der Waals surface area (Å²) < 4.78 is 25.9. The van der Waals surface area contributed by atoms with Crippen LogP contribution in [0, 0.1) is 0 Å². The number of rotatable bonds is 2. The number of nitrogens with one attached hydrogen (secondary N) is 1. The van der Waals surface area contributed by atoms with E-state index in [1.54, 1.807) is 11.7 Å². The van der Waals surface area contributed by atoms with Crippen molar-refractivity contribution in [1.29, 1.82) is 0 Å². The first-order chi connectivity index (χ1) is 9.86. The van der Waals surface area contributed by atoms with E-state index in [9.17, 15) is 13.2 Å². The van der Waals surface area contributed by atoms with Crippen LogP contribution in [0.4, 0.5) is 5.95 Å². The van der Waals surface area contributed by atoms with Crippen LogP contribution < -0.4 is 10.5 Å². The monoisotopic (exact) mass is 312 g/mol. The third-order valence-electron chi connectivity index (χ3n) is 3.60. The van der Waals surface area contributed by atoms with Crippen LogP contribution in [-0.2, 0) is 17.1 Å². The standard InChI is InChI=1S/C11H16N6O3S/c1-15-9-8(7-12-15)10(18)14-11(13-9)16-3-5-17(6-4-16)21(2,19)20/h7H,3-6H2,1-2H3,(H,13,14,18). The molecule has 114 valence electrons. The molecule has 1 fully saturated rings. The Balaban J connectivity index is 1.89. The second-order valence-corrected chi connectivity index (χ2v) is 7.03. The van der Waals surface area contributed by atoms with Gasteiger partial charge in [0.15, 0.2) is 5.65 Å². The van der Waals surface area contributed by atoms with E-state index in [1.165, 1.54) is 16.8 Å². The largest absolute Gasteiger partial charge is 0.340 e. The maximum absolute atomic E-state index is 12.0. The van der Waals surface area contributed by atoms with Gasteiger partial charge in [-0.2, -0.15) is 14.4 Å². The van der Waals surface area contributed by atoms with Gasteiger partial charge in [-0.1, -0.05) is 0 Å². The second kappa shape index (κ2) is 4.81. The van der Waals surface area contributed by atoms with E-state index in [0.717, 1.165) is 0 Å². The first-order valence-electron chi connectivity index (χ1n) is 6.48. The lowest BCUT2D eigenvalue weighted by molar-refractivity contribution is 0.385. The lowest BCUT2D eigenvalue weighted by Gasteiger charge is -2.33. The molecule has 1 aliphatic rings. The van der Waals surface area contributed by atoms with E-state index in [4.69, 9.17) is 0 Å². The quantitative estimate of drug-likeness (QED) is 0.742. The highest BCUT2D eigenvalue weighted by atomic mass is 32.2. The Bertz CT molecular complexity index is 831. The smallest absolute Gasteiger partial charge is 0.263 e. The van der Waals surface area contributed by atoms with Crippen molar-refractivity contribution in [3.63, 3.8) is 0 Å². The molecule has 2 aromatic rings. The summed E-state index contributed by atoms with van der Waals surface area (Å²) in [6.07, 6.45) is 2.68. The number of piperazine rings is 1. The van der Waals surface area contributed by atoms with E-state index < -0.39 is 10.0 Å². The number of aryl methyl sites for hydroxylation is 1. The van der Waals surface area contributed by atoms with Crippen LogP contribution in [0.5, 0.6) is 0 Å². The zero-order chi connectivity index (χ0) is 15.2. The molecule has 0 amide bonds. The molecule has 21 heavy (non-hydrogen) atoms. The first-order valence-corrected chi connectivity index (χ1v) is 8.33. The average Bonchev–Trinajstić information content (AvgIpc) is 2.80. The predicted octanol–water partition coefficient (Wildman–Crippen LogP) is -1.26. The number of nitrogens with zero attached hydrogens (tertiary/aromatic N) is 5. The molecule has 9 nitrogen and oxygen atoms in total. The zero-order valence-corrected chi connectivity index (χ0v) is 12.6. The summed E-state index contributed by atoms with van der Waals surface area (Å²) >= 11 is 0. The minimum Gasteiger partial charge on any atom is -0.340 e. The minimum atomic E-state index is -3.17. The summed E-state index contributed by atoms with van der Waals surface area (Å²) in [7, 11) is -1.45. The van der Waals surface area contributed by atoms with Crippen molar-refractivity contribution in [2.45, 2.75) is 0 Å². The normalized spacial score (nSPS) is 17.5. The molecule has 1 N–H and O–H groups in total. The van der Waals surface area contributed by atoms with Crippen molar-refractivity contribution in [3.8, 4) is 0 Å². The summed E-state index contributed by atoms with van der Waals surface area (Å²) in [5, 5.41) is 4.46. The fourth-order valence-corrected chi connectivity index (χ4v) is 3.23. The average molecular weight is 312 g/mol. The van der Waals surface area contributed by atoms with Gasteiger partial charge in [0.05, 0.1) is 12.5 Å². The van der Waals surface area contributed by atoms with Gasteiger partial charge in [-0.15, -0.1) is 0 Å². The van der Waals surface area contributed by atoms with Crippen LogP contribution in [0.3, 0.4) is 0 Å². The SMILES string of the molecule is Cn1ncc2c(=O)[nH]c(N3CCN(S(C)(=O)=O)CC3)nc21. The summed E-state index contributed by atoms with van der Waals surface area (Å²) in [4.78, 5) is 21.0. The highest BCUT2D eigenvalue weighted by Gasteiger charge is 2.25. The zero-order valence-electron chi connectivity index (χ0n) is 11.8. The summed E-state index contributed by atoms with van der Waals surface area (Å²) in [6.45, 7) is 1.73. The van der Waals surface area contributed by atoms with Gasteiger partial charge >= 0.3 is 0 Å². The molecule has 0 spiro atoms. The highest BCUT2D eigenvalue weighted by Crippen LogP contribution is 2.14. The Morgan fingerprint density at radius 2 is 1.90 bits per heavy atom. The number of aromatic nitrogens is 4. The van der Waals surface area contributed by atoms with Crippen molar-refractivity contribution in [1.82, 2.24) is 24.1 Å². The van der Waals surface area contributed by atoms with Gasteiger partial charge < -0.3 is 4.90 Å². The maximum Gasteiger partial charge on any atom is 0.263 e. The number of fused-ring (bicyclic) bond motifs is 1. The highest BCUT2D eigenvalue weighted by molar-refractivity contribution is 7.88. The molecule has 2 aromatic heterocycles. The van der Waals surface area contributed by atoms with Gasteiger partial charge in [0.1, 0.15) is 5.39 Å². The summed E-state index contributed by atoms with van der Waals surface area (Å²) in [5.74, 6) is 0.448. The van der Waals surface area contributed by atoms with Crippen molar-refractivity contribution in [2.75, 3.05) is 37.3 Å². The third kappa shape index (κ3) is 2.51. The number of H-pyrrole nitrogens is 1. The van der Waals surface area contributed by atoms with Gasteiger partial charge in [0.25, 0.3) is 5.56 Å². The van der Waals surface area contributed by atoms with Crippen LogP contribution in [0.25, 0.3) is 11.0 Å². The van der Waals surface area contributed by atoms with E-state index >= 15 is 0 Å². The summed E-state index contributed by atoms with van der Waals surface area (Å²) in [5.41, 5.74) is 0.271. The lowest BCUT2D eigenvalue weighted by Crippen LogP contribution is -2.49. The van der Waals surface area contributed by atoms with Crippen molar-refractivity contribution in [3.05, 3.63) is 16.6 Å². The second-order valence-electron chi connectivity index (χ2n) is 5.04. The number of anilines is 1. The maximum atomic E-state index is 12.0. The van der Waals surface area contributed by atoms with Gasteiger partial charge in [-0.25, -0.2) is 8.42 Å². The molecule has 0 unspecified atom stereocenters. The van der Waals surface area contributed by atoms with E-state index in [2.05, 4.69) is 15.1 Å². The fourth-order valence-electron chi connectivity index (χ4n) is 2.40. The molecule has 0 saturated carbocycles. The summed E-state index contributed by atoms with van der Waals surface area (Å²) in [6, 6.07) is 0. The van der Waals surface area contributed by atoms with Gasteiger partial charge in [0.2, 0.25) is 16.0 Å². The number of hydrogen-bond donors (Lipinski definition) is 1. The van der Waals surface area contributed by atoms with Crippen LogP contribution in [0.1, 0.15) is 0 Å². The number of aromatic amines is 1. The third-order valence-corrected chi connectivity index (χ3v) is 4.90. The molecule has 3 heterocycles. The number of hydrogen-bond acceptors (Lipinski definition) is 6. The number of sulfonamides is 1. The molecule has 1 saturated heterocycles. The van der Waals surface area contributed by atoms with Gasteiger partial charge in [-0.3, -0.25) is 14.5 Å². The Labute approximate surface area is 121 Å². The van der Waals surface area contributed by atoms with Crippen LogP contribution in [0.2, 0.25) is 0 Å². The van der Waals surface area contributed by atoms with Crippen molar-refractivity contribution >= 4 is 27.0 Å². The molecular weight excluding hydrogens is 296 g/mol. The lowest BCUT2D eigenvalue weighted by atomic mass is 10.4. The van der Waals surface area contributed by atoms with Gasteiger partial charge in [0, 0.05) is 33.2 Å². The fraction of sp³-hybridized carbons (Fsp3) is 0.545. The van der Waals surface area contributed by atoms with Crippen molar-refractivity contribution < 1.29 is 8.42 Å². The van der Waals surface area contributed by atoms with Crippen LogP contribution in [0.15, 0.2) is 11.0 Å². The molecule has 0 aromatic carbocycles. The van der Waals surface area contributed by atoms with Crippen LogP contribution in [-0.4, -0.2) is 64.9 Å². The first kappa shape index (κ1) is 14.0. The Morgan fingerprint density at radius 3 is 2.52 bits per heavy atom. The van der Waals surface area contributed by atoms with E-state index in [0.29, 0.717) is 43.2 Å². The van der Waals surface area contributed by atoms with Gasteiger partial charge in [-0.05, 0) is 0 Å². The molecule has 10 heteroatoms. The molecule has 0 atom stereocenters. The van der Waals surface area contributed by atoms with E-state index in [-0.39, 0.29) is 5.56 Å². The Morgan fingerprint density at radius 1 is 1.24 bits per heavy atom. The molecule has 0 radical (unpaired) electrons. The van der Waals surface area contributed by atoms with E-state index in [1.807, 2.05) is 4.90 Å². The molecular formula is C11H16N6O3S. The van der Waals surface area contributed by atoms with Crippen LogP contribution >= 0.6 is 0 Å². The topological polar surface area (TPSA) is 104 Å². The molecule has 0 aliphatic carbocycles.